The Morgan fingerprint density at radius 3 is 2.95 bits per heavy atom. The van der Waals surface area contributed by atoms with Gasteiger partial charge in [0.2, 0.25) is 5.13 Å². The number of benzene rings is 1. The largest absolute Gasteiger partial charge is 0.383 e. The lowest BCUT2D eigenvalue weighted by Gasteiger charge is -2.02. The molecule has 6 heteroatoms. The Morgan fingerprint density at radius 2 is 2.16 bits per heavy atom. The van der Waals surface area contributed by atoms with Crippen molar-refractivity contribution in [2.45, 2.75) is 17.0 Å². The number of hydrogen-bond donors (Lipinski definition) is 1. The van der Waals surface area contributed by atoms with Crippen molar-refractivity contribution in [2.24, 2.45) is 0 Å². The van der Waals surface area contributed by atoms with Gasteiger partial charge in [0.25, 0.3) is 0 Å². The van der Waals surface area contributed by atoms with Crippen LogP contribution in [0, 0.1) is 6.92 Å². The molecule has 4 nitrogen and oxygen atoms in total. The van der Waals surface area contributed by atoms with Crippen LogP contribution in [0.25, 0.3) is 0 Å². The molecule has 0 fully saturated rings. The Balaban J connectivity index is 1.85. The van der Waals surface area contributed by atoms with Gasteiger partial charge in [0.15, 0.2) is 4.34 Å². The summed E-state index contributed by atoms with van der Waals surface area (Å²) in [5.41, 5.74) is 2.66. The third-order valence-electron chi connectivity index (χ3n) is 2.60. The maximum Gasteiger partial charge on any atom is 0.206 e. The molecule has 0 aliphatic rings. The highest BCUT2D eigenvalue weighted by Gasteiger charge is 2.05. The molecule has 2 aromatic rings. The minimum atomic E-state index is 0.672. The summed E-state index contributed by atoms with van der Waals surface area (Å²) in [6, 6.07) is 8.42. The van der Waals surface area contributed by atoms with Gasteiger partial charge in [0.05, 0.1) is 6.61 Å². The van der Waals surface area contributed by atoms with Gasteiger partial charge in [-0.2, -0.15) is 0 Å². The van der Waals surface area contributed by atoms with Gasteiger partial charge in [-0.25, -0.2) is 0 Å². The second kappa shape index (κ2) is 7.47. The molecule has 2 rings (SSSR count). The van der Waals surface area contributed by atoms with Crippen molar-refractivity contribution in [3.05, 3.63) is 35.4 Å². The molecule has 0 aliphatic heterocycles. The summed E-state index contributed by atoms with van der Waals surface area (Å²) < 4.78 is 5.97. The van der Waals surface area contributed by atoms with Crippen LogP contribution < -0.4 is 5.32 Å². The van der Waals surface area contributed by atoms with Crippen LogP contribution in [0.2, 0.25) is 0 Å². The smallest absolute Gasteiger partial charge is 0.206 e. The molecule has 0 saturated heterocycles. The Kier molecular flexibility index (Phi) is 5.62. The van der Waals surface area contributed by atoms with Crippen LogP contribution in [0.15, 0.2) is 28.6 Å². The molecule has 0 amide bonds. The Bertz CT molecular complexity index is 516. The molecular formula is C13H17N3OS2. The number of ether oxygens (including phenoxy) is 1. The van der Waals surface area contributed by atoms with Gasteiger partial charge < -0.3 is 10.1 Å². The predicted octanol–water partition coefficient (Wildman–Crippen LogP) is 3.20. The molecule has 0 aliphatic carbocycles. The van der Waals surface area contributed by atoms with Crippen LogP contribution >= 0.6 is 23.1 Å². The summed E-state index contributed by atoms with van der Waals surface area (Å²) >= 11 is 3.30. The first-order valence-corrected chi connectivity index (χ1v) is 7.83. The molecule has 1 N–H and O–H groups in total. The highest BCUT2D eigenvalue weighted by atomic mass is 32.2. The van der Waals surface area contributed by atoms with Crippen LogP contribution in [-0.2, 0) is 10.5 Å². The normalized spacial score (nSPS) is 10.6. The molecule has 1 aromatic carbocycles. The highest BCUT2D eigenvalue weighted by molar-refractivity contribution is 8.00. The van der Waals surface area contributed by atoms with Crippen molar-refractivity contribution < 1.29 is 4.74 Å². The number of anilines is 1. The van der Waals surface area contributed by atoms with E-state index in [0.717, 1.165) is 21.8 Å². The maximum absolute atomic E-state index is 4.98. The molecule has 0 unspecified atom stereocenters. The fourth-order valence-corrected chi connectivity index (χ4v) is 3.36. The number of aromatic nitrogens is 2. The summed E-state index contributed by atoms with van der Waals surface area (Å²) in [5.74, 6) is 0.930. The Hall–Kier alpha value is -1.11. The quantitative estimate of drug-likeness (QED) is 0.628. The van der Waals surface area contributed by atoms with Gasteiger partial charge in [-0.05, 0) is 18.1 Å². The highest BCUT2D eigenvalue weighted by Crippen LogP contribution is 2.28. The van der Waals surface area contributed by atoms with Crippen molar-refractivity contribution in [2.75, 3.05) is 25.6 Å². The van der Waals surface area contributed by atoms with Gasteiger partial charge in [-0.1, -0.05) is 47.4 Å². The number of aryl methyl sites for hydroxylation is 1. The molecule has 19 heavy (non-hydrogen) atoms. The third kappa shape index (κ3) is 4.49. The van der Waals surface area contributed by atoms with Gasteiger partial charge in [0, 0.05) is 19.4 Å². The third-order valence-corrected chi connectivity index (χ3v) is 4.66. The van der Waals surface area contributed by atoms with Gasteiger partial charge in [0.1, 0.15) is 0 Å². The molecule has 102 valence electrons. The Morgan fingerprint density at radius 1 is 1.32 bits per heavy atom. The van der Waals surface area contributed by atoms with Crippen molar-refractivity contribution in [1.82, 2.24) is 10.2 Å². The van der Waals surface area contributed by atoms with Crippen LogP contribution in [-0.4, -0.2) is 30.5 Å². The summed E-state index contributed by atoms with van der Waals surface area (Å²) in [4.78, 5) is 0. The van der Waals surface area contributed by atoms with E-state index in [1.54, 1.807) is 30.2 Å². The zero-order chi connectivity index (χ0) is 13.5. The molecule has 0 radical (unpaired) electrons. The zero-order valence-corrected chi connectivity index (χ0v) is 12.7. The maximum atomic E-state index is 4.98. The molecule has 0 bridgehead atoms. The molecule has 1 heterocycles. The summed E-state index contributed by atoms with van der Waals surface area (Å²) in [7, 11) is 1.69. The van der Waals surface area contributed by atoms with Crippen molar-refractivity contribution in [3.63, 3.8) is 0 Å². The zero-order valence-electron chi connectivity index (χ0n) is 11.0. The number of hydrogen-bond acceptors (Lipinski definition) is 6. The molecule has 0 spiro atoms. The van der Waals surface area contributed by atoms with E-state index in [-0.39, 0.29) is 0 Å². The van der Waals surface area contributed by atoms with E-state index in [1.807, 2.05) is 0 Å². The molecule has 1 aromatic heterocycles. The van der Waals surface area contributed by atoms with E-state index in [1.165, 1.54) is 11.1 Å². The van der Waals surface area contributed by atoms with E-state index in [0.29, 0.717) is 6.61 Å². The fourth-order valence-electron chi connectivity index (χ4n) is 1.51. The van der Waals surface area contributed by atoms with Crippen LogP contribution in [0.4, 0.5) is 5.13 Å². The molecule has 0 atom stereocenters. The first-order valence-electron chi connectivity index (χ1n) is 6.03. The van der Waals surface area contributed by atoms with Crippen LogP contribution in [0.5, 0.6) is 0 Å². The SMILES string of the molecule is COCCNc1nnc(SCc2ccccc2C)s1. The van der Waals surface area contributed by atoms with Crippen molar-refractivity contribution >= 4 is 28.2 Å². The second-order valence-electron chi connectivity index (χ2n) is 4.01. The minimum absolute atomic E-state index is 0.672. The average Bonchev–Trinajstić information content (AvgIpc) is 2.86. The second-order valence-corrected chi connectivity index (χ2v) is 6.21. The van der Waals surface area contributed by atoms with Gasteiger partial charge in [-0.3, -0.25) is 0 Å². The van der Waals surface area contributed by atoms with Crippen LogP contribution in [0.3, 0.4) is 0 Å². The van der Waals surface area contributed by atoms with E-state index < -0.39 is 0 Å². The van der Waals surface area contributed by atoms with E-state index in [4.69, 9.17) is 4.74 Å². The number of nitrogens with one attached hydrogen (secondary N) is 1. The van der Waals surface area contributed by atoms with E-state index in [9.17, 15) is 0 Å². The van der Waals surface area contributed by atoms with Crippen molar-refractivity contribution in [1.29, 1.82) is 0 Å². The number of thioether (sulfide) groups is 1. The summed E-state index contributed by atoms with van der Waals surface area (Å²) in [6.45, 7) is 3.56. The first kappa shape index (κ1) is 14.3. The molecular weight excluding hydrogens is 278 g/mol. The van der Waals surface area contributed by atoms with Crippen molar-refractivity contribution in [3.8, 4) is 0 Å². The molecule has 0 saturated carbocycles. The number of methoxy groups -OCH3 is 1. The lowest BCUT2D eigenvalue weighted by Crippen LogP contribution is -2.06. The number of rotatable bonds is 7. The van der Waals surface area contributed by atoms with Gasteiger partial charge in [-0.15, -0.1) is 10.2 Å². The van der Waals surface area contributed by atoms with E-state index >= 15 is 0 Å². The lowest BCUT2D eigenvalue weighted by molar-refractivity contribution is 0.211. The van der Waals surface area contributed by atoms with Crippen LogP contribution in [0.1, 0.15) is 11.1 Å². The first-order chi connectivity index (χ1) is 9.29. The van der Waals surface area contributed by atoms with Gasteiger partial charge >= 0.3 is 0 Å². The predicted molar refractivity (Wildman–Crippen MR) is 81.0 cm³/mol. The van der Waals surface area contributed by atoms with E-state index in [2.05, 4.69) is 46.7 Å². The average molecular weight is 295 g/mol. The fraction of sp³-hybridized carbons (Fsp3) is 0.385. The Labute approximate surface area is 121 Å². The topological polar surface area (TPSA) is 47.0 Å². The number of nitrogens with zero attached hydrogens (tertiary/aromatic N) is 2. The monoisotopic (exact) mass is 295 g/mol. The lowest BCUT2D eigenvalue weighted by atomic mass is 10.1. The minimum Gasteiger partial charge on any atom is -0.383 e. The summed E-state index contributed by atoms with van der Waals surface area (Å²) in [6.07, 6.45) is 0. The standard InChI is InChI=1S/C13H17N3OS2/c1-10-5-3-4-6-11(10)9-18-13-16-15-12(19-13)14-7-8-17-2/h3-6H,7-9H2,1-2H3,(H,14,15). The summed E-state index contributed by atoms with van der Waals surface area (Å²) in [5, 5.41) is 12.3.